The number of imidazole rings is 1. The molecule has 0 amide bonds. The molecule has 0 aliphatic carbocycles. The summed E-state index contributed by atoms with van der Waals surface area (Å²) in [5.74, 6) is -0.266. The lowest BCUT2D eigenvalue weighted by molar-refractivity contribution is -0.149. The third kappa shape index (κ3) is 6.77. The van der Waals surface area contributed by atoms with Crippen LogP contribution in [0.5, 0.6) is 11.6 Å². The molecule has 3 aromatic rings. The fourth-order valence-corrected chi connectivity index (χ4v) is 5.75. The van der Waals surface area contributed by atoms with E-state index in [1.54, 1.807) is 58.0 Å². The Morgan fingerprint density at radius 3 is 2.63 bits per heavy atom. The Balaban J connectivity index is 1.56. The molecule has 2 aromatic heterocycles. The summed E-state index contributed by atoms with van der Waals surface area (Å²) < 4.78 is 43.6. The van der Waals surface area contributed by atoms with Crippen LogP contribution < -0.4 is 25.8 Å². The lowest BCUT2D eigenvalue weighted by Crippen LogP contribution is -2.52. The second-order valence-corrected chi connectivity index (χ2v) is 11.7. The first kappa shape index (κ1) is 30.6. The Kier molecular flexibility index (Phi) is 9.16. The Morgan fingerprint density at radius 2 is 1.98 bits per heavy atom. The number of nitrogens with zero attached hydrogens (tertiary/aromatic N) is 4. The second-order valence-electron chi connectivity index (χ2n) is 10.0. The highest BCUT2D eigenvalue weighted by atomic mass is 31.2. The van der Waals surface area contributed by atoms with E-state index in [9.17, 15) is 14.5 Å². The van der Waals surface area contributed by atoms with Crippen molar-refractivity contribution in [2.24, 2.45) is 5.73 Å². The SMILES string of the molecule is CCOc1nc(N)nc2c1ncn2[C@@H]1O[C@H](CO[P@@](=O)(N[C@H](C)C(=O)OC(C)C)Oc2ccccc2)[C@@H](O)[C@@]1(C)N. The van der Waals surface area contributed by atoms with E-state index in [1.165, 1.54) is 17.8 Å². The molecule has 0 bridgehead atoms. The maximum Gasteiger partial charge on any atom is 0.459 e. The lowest BCUT2D eigenvalue weighted by atomic mass is 9.93. The van der Waals surface area contributed by atoms with Gasteiger partial charge < -0.3 is 35.3 Å². The minimum atomic E-state index is -4.21. The van der Waals surface area contributed by atoms with Gasteiger partial charge in [0.2, 0.25) is 11.8 Å². The molecule has 1 aromatic carbocycles. The van der Waals surface area contributed by atoms with E-state index >= 15 is 0 Å². The number of aliphatic hydroxyl groups excluding tert-OH is 1. The van der Waals surface area contributed by atoms with Crippen LogP contribution in [0, 0.1) is 0 Å². The zero-order chi connectivity index (χ0) is 29.9. The van der Waals surface area contributed by atoms with Gasteiger partial charge in [-0.2, -0.15) is 15.1 Å². The van der Waals surface area contributed by atoms with E-state index in [1.807, 2.05) is 0 Å². The van der Waals surface area contributed by atoms with Crippen LogP contribution in [-0.2, 0) is 23.4 Å². The van der Waals surface area contributed by atoms with Crippen molar-refractivity contribution in [3.8, 4) is 11.6 Å². The highest BCUT2D eigenvalue weighted by Crippen LogP contribution is 2.47. The van der Waals surface area contributed by atoms with Gasteiger partial charge in [0.05, 0.1) is 31.2 Å². The Bertz CT molecular complexity index is 1400. The number of carbonyl (C=O) groups excluding carboxylic acids is 1. The minimum Gasteiger partial charge on any atom is -0.476 e. The van der Waals surface area contributed by atoms with Crippen molar-refractivity contribution in [3.05, 3.63) is 36.7 Å². The Hall–Kier alpha value is -3.33. The molecule has 0 spiro atoms. The normalized spacial score (nSPS) is 24.7. The van der Waals surface area contributed by atoms with Crippen LogP contribution in [0.2, 0.25) is 0 Å². The van der Waals surface area contributed by atoms with Crippen molar-refractivity contribution in [2.75, 3.05) is 18.9 Å². The van der Waals surface area contributed by atoms with Crippen LogP contribution in [0.25, 0.3) is 11.2 Å². The van der Waals surface area contributed by atoms with E-state index in [-0.39, 0.29) is 29.3 Å². The van der Waals surface area contributed by atoms with Gasteiger partial charge in [-0.3, -0.25) is 13.9 Å². The number of benzene rings is 1. The molecular weight excluding hydrogens is 557 g/mol. The highest BCUT2D eigenvalue weighted by molar-refractivity contribution is 7.52. The molecule has 6 N–H and O–H groups in total. The topological polar surface area (TPSA) is 208 Å². The molecule has 3 heterocycles. The summed E-state index contributed by atoms with van der Waals surface area (Å²) in [6.45, 7) is 8.16. The largest absolute Gasteiger partial charge is 0.476 e. The molecule has 15 nitrogen and oxygen atoms in total. The molecule has 1 aliphatic heterocycles. The maximum absolute atomic E-state index is 13.8. The number of aliphatic hydroxyl groups is 1. The maximum atomic E-state index is 13.8. The molecular formula is C25H36N7O8P. The van der Waals surface area contributed by atoms with Crippen LogP contribution in [-0.4, -0.2) is 73.7 Å². The van der Waals surface area contributed by atoms with Gasteiger partial charge in [-0.15, -0.1) is 0 Å². The van der Waals surface area contributed by atoms with Crippen LogP contribution in [0.4, 0.5) is 5.95 Å². The predicted molar refractivity (Wildman–Crippen MR) is 148 cm³/mol. The number of nitrogen functional groups attached to an aromatic ring is 1. The van der Waals surface area contributed by atoms with Crippen LogP contribution in [0.15, 0.2) is 36.7 Å². The van der Waals surface area contributed by atoms with Gasteiger partial charge in [-0.1, -0.05) is 18.2 Å². The summed E-state index contributed by atoms with van der Waals surface area (Å²) in [4.78, 5) is 25.1. The number of nitrogens with two attached hydrogens (primary N) is 2. The Labute approximate surface area is 237 Å². The summed E-state index contributed by atoms with van der Waals surface area (Å²) in [5, 5.41) is 13.7. The number of para-hydroxylation sites is 1. The third-order valence-electron chi connectivity index (χ3n) is 6.20. The van der Waals surface area contributed by atoms with Crippen molar-refractivity contribution in [2.45, 2.75) is 70.7 Å². The first-order chi connectivity index (χ1) is 19.3. The van der Waals surface area contributed by atoms with Gasteiger partial charge in [0.15, 0.2) is 17.4 Å². The number of nitrogens with one attached hydrogen (secondary N) is 1. The zero-order valence-electron chi connectivity index (χ0n) is 23.5. The first-order valence-corrected chi connectivity index (χ1v) is 14.6. The average Bonchev–Trinajstić information content (AvgIpc) is 3.41. The number of esters is 1. The van der Waals surface area contributed by atoms with Gasteiger partial charge >= 0.3 is 13.7 Å². The van der Waals surface area contributed by atoms with E-state index in [0.29, 0.717) is 12.1 Å². The minimum absolute atomic E-state index is 0.0463. The highest BCUT2D eigenvalue weighted by Gasteiger charge is 2.53. The van der Waals surface area contributed by atoms with Gasteiger partial charge in [-0.25, -0.2) is 9.55 Å². The monoisotopic (exact) mass is 593 g/mol. The number of fused-ring (bicyclic) bond motifs is 1. The summed E-state index contributed by atoms with van der Waals surface area (Å²) in [5.41, 5.74) is 11.7. The summed E-state index contributed by atoms with van der Waals surface area (Å²) in [7, 11) is -4.21. The molecule has 1 aliphatic rings. The molecule has 0 unspecified atom stereocenters. The summed E-state index contributed by atoms with van der Waals surface area (Å²) in [6.07, 6.45) is -2.29. The molecule has 0 saturated carbocycles. The van der Waals surface area contributed by atoms with Crippen molar-refractivity contribution in [1.82, 2.24) is 24.6 Å². The molecule has 1 fully saturated rings. The van der Waals surface area contributed by atoms with Gasteiger partial charge in [0, 0.05) is 0 Å². The molecule has 224 valence electrons. The number of carbonyl (C=O) groups is 1. The van der Waals surface area contributed by atoms with Crippen LogP contribution in [0.1, 0.15) is 40.8 Å². The molecule has 4 rings (SSSR count). The fourth-order valence-electron chi connectivity index (χ4n) is 4.25. The zero-order valence-corrected chi connectivity index (χ0v) is 24.4. The third-order valence-corrected chi connectivity index (χ3v) is 7.84. The van der Waals surface area contributed by atoms with Crippen molar-refractivity contribution in [1.29, 1.82) is 0 Å². The number of anilines is 1. The number of ether oxygens (including phenoxy) is 3. The van der Waals surface area contributed by atoms with E-state index in [2.05, 4.69) is 20.0 Å². The Morgan fingerprint density at radius 1 is 1.27 bits per heavy atom. The quantitative estimate of drug-likeness (QED) is 0.175. The van der Waals surface area contributed by atoms with Crippen LogP contribution in [0.3, 0.4) is 0 Å². The number of rotatable bonds is 12. The first-order valence-electron chi connectivity index (χ1n) is 13.1. The van der Waals surface area contributed by atoms with Gasteiger partial charge in [0.1, 0.15) is 24.0 Å². The molecule has 16 heteroatoms. The van der Waals surface area contributed by atoms with Crippen molar-refractivity contribution in [3.63, 3.8) is 0 Å². The second kappa shape index (κ2) is 12.3. The molecule has 41 heavy (non-hydrogen) atoms. The summed E-state index contributed by atoms with van der Waals surface area (Å²) >= 11 is 0. The molecule has 6 atom stereocenters. The standard InChI is InChI=1S/C25H36N7O8P/c1-6-36-21-18-20(29-24(26)30-21)32(13-28-18)23-25(5,27)19(33)17(39-23)12-37-41(35,40-16-10-8-7-9-11-16)31-15(4)22(34)38-14(2)3/h7-11,13-15,17,19,23,33H,6,12,27H2,1-5H3,(H,31,35)(H2,26,29,30)/t15-,17-,19-,23-,25-,41+/m1/s1. The van der Waals surface area contributed by atoms with Gasteiger partial charge in [0.25, 0.3) is 0 Å². The number of hydrogen-bond donors (Lipinski definition) is 4. The van der Waals surface area contributed by atoms with E-state index in [4.69, 9.17) is 34.7 Å². The van der Waals surface area contributed by atoms with E-state index < -0.39 is 50.3 Å². The van der Waals surface area contributed by atoms with Gasteiger partial charge in [-0.05, 0) is 46.8 Å². The van der Waals surface area contributed by atoms with E-state index in [0.717, 1.165) is 0 Å². The molecule has 0 radical (unpaired) electrons. The molecule has 1 saturated heterocycles. The number of aromatic nitrogens is 4. The fraction of sp³-hybridized carbons (Fsp3) is 0.520. The van der Waals surface area contributed by atoms with Crippen LogP contribution >= 0.6 is 7.75 Å². The van der Waals surface area contributed by atoms with Crippen molar-refractivity contribution >= 4 is 30.8 Å². The average molecular weight is 594 g/mol. The predicted octanol–water partition coefficient (Wildman–Crippen LogP) is 1.92. The lowest BCUT2D eigenvalue weighted by Gasteiger charge is -2.28. The smallest absolute Gasteiger partial charge is 0.459 e. The van der Waals surface area contributed by atoms with Crippen molar-refractivity contribution < 1.29 is 37.7 Å². The number of hydrogen-bond acceptors (Lipinski definition) is 13. The summed E-state index contributed by atoms with van der Waals surface area (Å²) in [6, 6.07) is 7.25.